The Morgan fingerprint density at radius 2 is 2.00 bits per heavy atom. The van der Waals surface area contributed by atoms with Gasteiger partial charge in [-0.1, -0.05) is 17.7 Å². The second-order valence-corrected chi connectivity index (χ2v) is 4.62. The summed E-state index contributed by atoms with van der Waals surface area (Å²) in [5.74, 6) is 0.798. The van der Waals surface area contributed by atoms with E-state index in [4.69, 9.17) is 4.74 Å². The van der Waals surface area contributed by atoms with Crippen LogP contribution in [-0.2, 0) is 0 Å². The molecule has 0 saturated heterocycles. The van der Waals surface area contributed by atoms with Crippen LogP contribution in [0.3, 0.4) is 0 Å². The van der Waals surface area contributed by atoms with Crippen molar-refractivity contribution >= 4 is 0 Å². The molecule has 0 spiro atoms. The zero-order valence-corrected chi connectivity index (χ0v) is 10.7. The first-order valence-corrected chi connectivity index (χ1v) is 5.44. The maximum absolute atomic E-state index is 10.1. The maximum atomic E-state index is 10.1. The third kappa shape index (κ3) is 2.74. The molecule has 3 heteroatoms. The zero-order valence-electron chi connectivity index (χ0n) is 10.7. The Morgan fingerprint density at radius 1 is 1.38 bits per heavy atom. The molecule has 0 aliphatic carbocycles. The summed E-state index contributed by atoms with van der Waals surface area (Å²) in [5.41, 5.74) is 1.30. The minimum absolute atomic E-state index is 0.151. The smallest absolute Gasteiger partial charge is 0.123 e. The predicted octanol–water partition coefficient (Wildman–Crippen LogP) is 2.04. The minimum Gasteiger partial charge on any atom is -0.496 e. The van der Waals surface area contributed by atoms with Crippen molar-refractivity contribution in [1.82, 2.24) is 5.32 Å². The number of hydrogen-bond donors (Lipinski definition) is 2. The monoisotopic (exact) mass is 223 g/mol. The molecule has 2 N–H and O–H groups in total. The fourth-order valence-corrected chi connectivity index (χ4v) is 1.97. The van der Waals surface area contributed by atoms with Gasteiger partial charge in [0.25, 0.3) is 0 Å². The highest BCUT2D eigenvalue weighted by atomic mass is 16.5. The van der Waals surface area contributed by atoms with Gasteiger partial charge in [-0.15, -0.1) is 0 Å². The van der Waals surface area contributed by atoms with Crippen LogP contribution >= 0.6 is 0 Å². The van der Waals surface area contributed by atoms with E-state index in [1.54, 1.807) is 21.0 Å². The van der Waals surface area contributed by atoms with Crippen molar-refractivity contribution in [3.05, 3.63) is 29.3 Å². The largest absolute Gasteiger partial charge is 0.496 e. The lowest BCUT2D eigenvalue weighted by Crippen LogP contribution is -2.37. The van der Waals surface area contributed by atoms with Crippen LogP contribution in [0.15, 0.2) is 18.2 Å². The number of benzene rings is 1. The summed E-state index contributed by atoms with van der Waals surface area (Å²) in [5, 5.41) is 13.3. The number of rotatable bonds is 4. The van der Waals surface area contributed by atoms with Crippen LogP contribution in [0.2, 0.25) is 0 Å². The average Bonchev–Trinajstić information content (AvgIpc) is 2.17. The average molecular weight is 223 g/mol. The molecule has 0 amide bonds. The highest BCUT2D eigenvalue weighted by Gasteiger charge is 2.29. The van der Waals surface area contributed by atoms with Crippen LogP contribution in [0.1, 0.15) is 31.0 Å². The van der Waals surface area contributed by atoms with Crippen molar-refractivity contribution in [2.45, 2.75) is 32.4 Å². The SMILES string of the molecule is CNC(c1cc(C)ccc1OC)C(C)(C)O. The van der Waals surface area contributed by atoms with Gasteiger partial charge in [0.05, 0.1) is 18.8 Å². The Labute approximate surface area is 97.4 Å². The molecule has 1 aromatic rings. The molecule has 1 unspecified atom stereocenters. The Morgan fingerprint density at radius 3 is 2.44 bits per heavy atom. The molecule has 0 saturated carbocycles. The molecule has 0 fully saturated rings. The summed E-state index contributed by atoms with van der Waals surface area (Å²) in [6, 6.07) is 5.82. The number of aliphatic hydroxyl groups is 1. The van der Waals surface area contributed by atoms with Crippen LogP contribution < -0.4 is 10.1 Å². The third-order valence-electron chi connectivity index (χ3n) is 2.69. The van der Waals surface area contributed by atoms with E-state index >= 15 is 0 Å². The van der Waals surface area contributed by atoms with Crippen LogP contribution in [0.4, 0.5) is 0 Å². The van der Waals surface area contributed by atoms with Crippen molar-refractivity contribution in [2.24, 2.45) is 0 Å². The molecule has 0 aliphatic heterocycles. The van der Waals surface area contributed by atoms with Gasteiger partial charge in [0, 0.05) is 5.56 Å². The quantitative estimate of drug-likeness (QED) is 0.820. The van der Waals surface area contributed by atoms with Crippen LogP contribution in [0, 0.1) is 6.92 Å². The maximum Gasteiger partial charge on any atom is 0.123 e. The van der Waals surface area contributed by atoms with Gasteiger partial charge in [-0.25, -0.2) is 0 Å². The van der Waals surface area contributed by atoms with E-state index in [9.17, 15) is 5.11 Å². The standard InChI is InChI=1S/C13H21NO2/c1-9-6-7-11(16-5)10(8-9)12(14-4)13(2,3)15/h6-8,12,14-15H,1-5H3. The highest BCUT2D eigenvalue weighted by molar-refractivity contribution is 5.40. The molecule has 0 radical (unpaired) electrons. The van der Waals surface area contributed by atoms with E-state index in [1.165, 1.54) is 0 Å². The fraction of sp³-hybridized carbons (Fsp3) is 0.538. The number of aryl methyl sites for hydroxylation is 1. The minimum atomic E-state index is -0.837. The van der Waals surface area contributed by atoms with Gasteiger partial charge in [0.2, 0.25) is 0 Å². The lowest BCUT2D eigenvalue weighted by molar-refractivity contribution is 0.0391. The lowest BCUT2D eigenvalue weighted by atomic mass is 9.90. The third-order valence-corrected chi connectivity index (χ3v) is 2.69. The molecule has 0 heterocycles. The lowest BCUT2D eigenvalue weighted by Gasteiger charge is -2.30. The van der Waals surface area contributed by atoms with Crippen molar-refractivity contribution in [2.75, 3.05) is 14.2 Å². The fourth-order valence-electron chi connectivity index (χ4n) is 1.97. The van der Waals surface area contributed by atoms with E-state index < -0.39 is 5.60 Å². The van der Waals surface area contributed by atoms with Gasteiger partial charge >= 0.3 is 0 Å². The first-order chi connectivity index (χ1) is 7.40. The Bertz CT molecular complexity index is 355. The molecule has 16 heavy (non-hydrogen) atoms. The Hall–Kier alpha value is -1.06. The van der Waals surface area contributed by atoms with E-state index in [0.717, 1.165) is 16.9 Å². The van der Waals surface area contributed by atoms with E-state index in [0.29, 0.717) is 0 Å². The number of ether oxygens (including phenoxy) is 1. The number of methoxy groups -OCH3 is 1. The summed E-state index contributed by atoms with van der Waals surface area (Å²) in [6.45, 7) is 5.60. The van der Waals surface area contributed by atoms with Gasteiger partial charge in [0.1, 0.15) is 5.75 Å². The Balaban J connectivity index is 3.23. The van der Waals surface area contributed by atoms with E-state index in [1.807, 2.05) is 32.2 Å². The summed E-state index contributed by atoms with van der Waals surface area (Å²) in [4.78, 5) is 0. The van der Waals surface area contributed by atoms with E-state index in [-0.39, 0.29) is 6.04 Å². The molecule has 1 atom stereocenters. The van der Waals surface area contributed by atoms with Gasteiger partial charge in [-0.05, 0) is 33.9 Å². The van der Waals surface area contributed by atoms with Gasteiger partial charge in [-0.3, -0.25) is 0 Å². The van der Waals surface area contributed by atoms with Crippen LogP contribution in [-0.4, -0.2) is 24.9 Å². The highest BCUT2D eigenvalue weighted by Crippen LogP contribution is 2.32. The van der Waals surface area contributed by atoms with Crippen molar-refractivity contribution in [1.29, 1.82) is 0 Å². The summed E-state index contributed by atoms with van der Waals surface area (Å²) >= 11 is 0. The molecular formula is C13H21NO2. The topological polar surface area (TPSA) is 41.5 Å². The normalized spacial score (nSPS) is 13.6. The van der Waals surface area contributed by atoms with Gasteiger partial charge in [-0.2, -0.15) is 0 Å². The molecule has 0 aliphatic rings. The number of likely N-dealkylation sites (N-methyl/N-ethyl adjacent to an activating group) is 1. The second kappa shape index (κ2) is 4.85. The second-order valence-electron chi connectivity index (χ2n) is 4.62. The molecule has 90 valence electrons. The van der Waals surface area contributed by atoms with Crippen LogP contribution in [0.5, 0.6) is 5.75 Å². The molecular weight excluding hydrogens is 202 g/mol. The predicted molar refractivity (Wildman–Crippen MR) is 65.8 cm³/mol. The summed E-state index contributed by atoms with van der Waals surface area (Å²) in [6.07, 6.45) is 0. The Kier molecular flexibility index (Phi) is 3.94. The first kappa shape index (κ1) is 13.0. The van der Waals surface area contributed by atoms with Gasteiger partial charge in [0.15, 0.2) is 0 Å². The molecule has 1 rings (SSSR count). The van der Waals surface area contributed by atoms with E-state index in [2.05, 4.69) is 5.32 Å². The summed E-state index contributed by atoms with van der Waals surface area (Å²) < 4.78 is 5.33. The number of nitrogens with one attached hydrogen (secondary N) is 1. The van der Waals surface area contributed by atoms with Crippen molar-refractivity contribution in [3.63, 3.8) is 0 Å². The van der Waals surface area contributed by atoms with Gasteiger partial charge < -0.3 is 15.2 Å². The summed E-state index contributed by atoms with van der Waals surface area (Å²) in [7, 11) is 3.48. The van der Waals surface area contributed by atoms with Crippen LogP contribution in [0.25, 0.3) is 0 Å². The first-order valence-electron chi connectivity index (χ1n) is 5.44. The molecule has 0 bridgehead atoms. The number of hydrogen-bond acceptors (Lipinski definition) is 3. The zero-order chi connectivity index (χ0) is 12.3. The van der Waals surface area contributed by atoms with Crippen molar-refractivity contribution < 1.29 is 9.84 Å². The molecule has 1 aromatic carbocycles. The van der Waals surface area contributed by atoms with Crippen molar-refractivity contribution in [3.8, 4) is 5.75 Å². The molecule has 3 nitrogen and oxygen atoms in total. The molecule has 0 aromatic heterocycles.